The van der Waals surface area contributed by atoms with E-state index in [9.17, 15) is 18.8 Å². The molecule has 0 aliphatic carbocycles. The summed E-state index contributed by atoms with van der Waals surface area (Å²) in [6.45, 7) is 1.84. The quantitative estimate of drug-likeness (QED) is 0.810. The van der Waals surface area contributed by atoms with E-state index < -0.39 is 23.3 Å². The molecular formula is C22H22FN3O3. The third-order valence-electron chi connectivity index (χ3n) is 5.75. The first-order valence-corrected chi connectivity index (χ1v) is 9.65. The van der Waals surface area contributed by atoms with E-state index in [0.29, 0.717) is 12.1 Å². The molecule has 4 rings (SSSR count). The van der Waals surface area contributed by atoms with Crippen LogP contribution in [0, 0.1) is 5.82 Å². The molecular weight excluding hydrogens is 373 g/mol. The first-order chi connectivity index (χ1) is 13.9. The van der Waals surface area contributed by atoms with Crippen LogP contribution in [0.2, 0.25) is 0 Å². The fourth-order valence-corrected chi connectivity index (χ4v) is 4.13. The van der Waals surface area contributed by atoms with Gasteiger partial charge >= 0.3 is 6.03 Å². The summed E-state index contributed by atoms with van der Waals surface area (Å²) in [5.41, 5.74) is 0.191. The van der Waals surface area contributed by atoms with Crippen molar-refractivity contribution < 1.29 is 18.8 Å². The van der Waals surface area contributed by atoms with E-state index in [1.54, 1.807) is 11.8 Å². The largest absolute Gasteiger partial charge is 0.334 e. The van der Waals surface area contributed by atoms with Crippen molar-refractivity contribution >= 4 is 17.8 Å². The van der Waals surface area contributed by atoms with Crippen molar-refractivity contribution in [3.63, 3.8) is 0 Å². The number of likely N-dealkylation sites (tertiary alicyclic amines) is 1. The number of amides is 4. The maximum Gasteiger partial charge on any atom is 0.325 e. The molecule has 7 heteroatoms. The normalized spacial score (nSPS) is 24.1. The number of benzene rings is 2. The van der Waals surface area contributed by atoms with Crippen molar-refractivity contribution in [2.24, 2.45) is 0 Å². The number of halogens is 1. The van der Waals surface area contributed by atoms with Gasteiger partial charge in [0, 0.05) is 6.54 Å². The Balaban J connectivity index is 1.52. The molecule has 2 aromatic rings. The molecule has 2 aliphatic rings. The van der Waals surface area contributed by atoms with E-state index in [-0.39, 0.29) is 18.5 Å². The van der Waals surface area contributed by atoms with Gasteiger partial charge < -0.3 is 10.2 Å². The topological polar surface area (TPSA) is 69.7 Å². The lowest BCUT2D eigenvalue weighted by atomic mass is 9.92. The van der Waals surface area contributed by atoms with Gasteiger partial charge in [-0.1, -0.05) is 42.5 Å². The van der Waals surface area contributed by atoms with Gasteiger partial charge in [0.1, 0.15) is 17.9 Å². The van der Waals surface area contributed by atoms with Gasteiger partial charge in [0.15, 0.2) is 0 Å². The zero-order valence-electron chi connectivity index (χ0n) is 16.1. The molecule has 0 unspecified atom stereocenters. The Bertz CT molecular complexity index is 948. The van der Waals surface area contributed by atoms with Crippen LogP contribution in [-0.2, 0) is 15.1 Å². The van der Waals surface area contributed by atoms with Crippen LogP contribution in [0.5, 0.6) is 0 Å². The van der Waals surface area contributed by atoms with E-state index in [0.717, 1.165) is 23.3 Å². The first-order valence-electron chi connectivity index (χ1n) is 9.65. The molecule has 0 bridgehead atoms. The fourth-order valence-electron chi connectivity index (χ4n) is 4.13. The lowest BCUT2D eigenvalue weighted by Crippen LogP contribution is -2.44. The van der Waals surface area contributed by atoms with Crippen molar-refractivity contribution in [1.82, 2.24) is 15.1 Å². The molecule has 2 fully saturated rings. The summed E-state index contributed by atoms with van der Waals surface area (Å²) in [6, 6.07) is 14.5. The molecule has 2 saturated heterocycles. The average Bonchev–Trinajstić information content (AvgIpc) is 3.29. The Morgan fingerprint density at radius 1 is 1.14 bits per heavy atom. The molecule has 0 aromatic heterocycles. The van der Waals surface area contributed by atoms with E-state index in [1.165, 1.54) is 24.3 Å². The number of carbonyl (C=O) groups excluding carboxylic acids is 3. The van der Waals surface area contributed by atoms with E-state index >= 15 is 0 Å². The van der Waals surface area contributed by atoms with Gasteiger partial charge in [-0.05, 0) is 43.0 Å². The molecule has 1 N–H and O–H groups in total. The number of hydrogen-bond acceptors (Lipinski definition) is 3. The van der Waals surface area contributed by atoms with E-state index in [1.807, 2.05) is 30.3 Å². The predicted molar refractivity (Wildman–Crippen MR) is 104 cm³/mol. The Morgan fingerprint density at radius 3 is 2.52 bits per heavy atom. The third kappa shape index (κ3) is 3.37. The van der Waals surface area contributed by atoms with Gasteiger partial charge in [-0.3, -0.25) is 14.5 Å². The van der Waals surface area contributed by atoms with Gasteiger partial charge in [0.25, 0.3) is 5.91 Å². The SMILES string of the molecule is C[C@]1(c2ccc(F)cc2)NC(=O)N(CC(=O)N2CCC[C@@H]2c2ccccc2)C1=O. The molecule has 4 amide bonds. The standard InChI is InChI=1S/C22H22FN3O3/c1-22(16-9-11-17(23)12-10-16)20(28)26(21(29)24-22)14-19(27)25-13-5-8-18(25)15-6-3-2-4-7-15/h2-4,6-7,9-12,18H,5,8,13-14H2,1H3,(H,24,29)/t18-,22-/m1/s1. The monoisotopic (exact) mass is 395 g/mol. The number of nitrogens with zero attached hydrogens (tertiary/aromatic N) is 2. The van der Waals surface area contributed by atoms with Crippen LogP contribution in [0.1, 0.15) is 36.9 Å². The minimum absolute atomic E-state index is 0.0482. The number of rotatable bonds is 4. The van der Waals surface area contributed by atoms with Gasteiger partial charge in [-0.2, -0.15) is 0 Å². The Hall–Kier alpha value is -3.22. The van der Waals surface area contributed by atoms with Gasteiger partial charge in [0.2, 0.25) is 5.91 Å². The molecule has 0 radical (unpaired) electrons. The number of imide groups is 1. The molecule has 29 heavy (non-hydrogen) atoms. The van der Waals surface area contributed by atoms with Crippen molar-refractivity contribution in [3.05, 3.63) is 71.5 Å². The van der Waals surface area contributed by atoms with Crippen LogP contribution in [0.25, 0.3) is 0 Å². The van der Waals surface area contributed by atoms with Gasteiger partial charge in [0.05, 0.1) is 6.04 Å². The summed E-state index contributed by atoms with van der Waals surface area (Å²) in [4.78, 5) is 41.2. The smallest absolute Gasteiger partial charge is 0.325 e. The summed E-state index contributed by atoms with van der Waals surface area (Å²) in [5.74, 6) is -1.21. The maximum atomic E-state index is 13.2. The maximum absolute atomic E-state index is 13.2. The first kappa shape index (κ1) is 19.1. The van der Waals surface area contributed by atoms with Crippen LogP contribution in [0.3, 0.4) is 0 Å². The molecule has 2 atom stereocenters. The van der Waals surface area contributed by atoms with Gasteiger partial charge in [-0.25, -0.2) is 9.18 Å². The van der Waals surface area contributed by atoms with E-state index in [2.05, 4.69) is 5.32 Å². The second kappa shape index (κ2) is 7.31. The highest BCUT2D eigenvalue weighted by molar-refractivity contribution is 6.09. The highest BCUT2D eigenvalue weighted by Gasteiger charge is 2.50. The number of carbonyl (C=O) groups is 3. The van der Waals surface area contributed by atoms with Crippen LogP contribution >= 0.6 is 0 Å². The minimum atomic E-state index is -1.32. The zero-order valence-corrected chi connectivity index (χ0v) is 16.1. The summed E-state index contributed by atoms with van der Waals surface area (Å²) in [6.07, 6.45) is 1.72. The highest BCUT2D eigenvalue weighted by Crippen LogP contribution is 2.33. The number of nitrogens with one attached hydrogen (secondary N) is 1. The zero-order chi connectivity index (χ0) is 20.6. The predicted octanol–water partition coefficient (Wildman–Crippen LogP) is 2.96. The number of hydrogen-bond donors (Lipinski definition) is 1. The molecule has 2 aliphatic heterocycles. The minimum Gasteiger partial charge on any atom is -0.334 e. The molecule has 0 saturated carbocycles. The lowest BCUT2D eigenvalue weighted by Gasteiger charge is -2.27. The number of urea groups is 1. The van der Waals surface area contributed by atoms with Crippen LogP contribution in [0.4, 0.5) is 9.18 Å². The second-order valence-electron chi connectivity index (χ2n) is 7.61. The second-order valence-corrected chi connectivity index (χ2v) is 7.61. The summed E-state index contributed by atoms with van der Waals surface area (Å²) in [7, 11) is 0. The lowest BCUT2D eigenvalue weighted by molar-refractivity contribution is -0.139. The molecule has 150 valence electrons. The fraction of sp³-hybridized carbons (Fsp3) is 0.318. The van der Waals surface area contributed by atoms with E-state index in [4.69, 9.17) is 0 Å². The Kier molecular flexibility index (Phi) is 4.82. The van der Waals surface area contributed by atoms with Crippen LogP contribution in [-0.4, -0.2) is 40.7 Å². The van der Waals surface area contributed by atoms with Crippen molar-refractivity contribution in [2.75, 3.05) is 13.1 Å². The molecule has 2 aromatic carbocycles. The summed E-state index contributed by atoms with van der Waals surface area (Å²) < 4.78 is 13.2. The molecule has 0 spiro atoms. The van der Waals surface area contributed by atoms with Crippen molar-refractivity contribution in [1.29, 1.82) is 0 Å². The third-order valence-corrected chi connectivity index (χ3v) is 5.75. The van der Waals surface area contributed by atoms with Crippen molar-refractivity contribution in [3.8, 4) is 0 Å². The van der Waals surface area contributed by atoms with Gasteiger partial charge in [-0.15, -0.1) is 0 Å². The molecule has 6 nitrogen and oxygen atoms in total. The Morgan fingerprint density at radius 2 is 1.83 bits per heavy atom. The average molecular weight is 395 g/mol. The molecule has 2 heterocycles. The Labute approximate surface area is 168 Å². The highest BCUT2D eigenvalue weighted by atomic mass is 19.1. The summed E-state index contributed by atoms with van der Waals surface area (Å²) >= 11 is 0. The van der Waals surface area contributed by atoms with Crippen LogP contribution in [0.15, 0.2) is 54.6 Å². The van der Waals surface area contributed by atoms with Crippen LogP contribution < -0.4 is 5.32 Å². The van der Waals surface area contributed by atoms with Crippen molar-refractivity contribution in [2.45, 2.75) is 31.3 Å². The summed E-state index contributed by atoms with van der Waals surface area (Å²) in [5, 5.41) is 2.65.